The Balaban J connectivity index is 2.78. The first-order chi connectivity index (χ1) is 7.84. The summed E-state index contributed by atoms with van der Waals surface area (Å²) < 4.78 is 0. The van der Waals surface area contributed by atoms with Gasteiger partial charge in [-0.25, -0.2) is 0 Å². The summed E-state index contributed by atoms with van der Waals surface area (Å²) in [6.07, 6.45) is 0. The zero-order valence-corrected chi connectivity index (χ0v) is 10.7. The number of aliphatic hydroxyl groups excluding tert-OH is 1. The van der Waals surface area contributed by atoms with E-state index in [4.69, 9.17) is 16.7 Å². The third-order valence-electron chi connectivity index (χ3n) is 1.96. The minimum Gasteiger partial charge on any atom is -0.393 e. The third kappa shape index (κ3) is 4.29. The van der Waals surface area contributed by atoms with Gasteiger partial charge in [0, 0.05) is 20.6 Å². The highest BCUT2D eigenvalue weighted by molar-refractivity contribution is 6.28. The van der Waals surface area contributed by atoms with Crippen LogP contribution in [0.2, 0.25) is 5.28 Å². The molecule has 0 aliphatic carbocycles. The molecule has 17 heavy (non-hydrogen) atoms. The van der Waals surface area contributed by atoms with E-state index in [0.717, 1.165) is 0 Å². The van der Waals surface area contributed by atoms with Gasteiger partial charge in [-0.1, -0.05) is 0 Å². The molecular formula is C9H16ClN5O2. The topological polar surface area (TPSA) is 94.4 Å². The lowest BCUT2D eigenvalue weighted by Crippen LogP contribution is -2.37. The predicted molar refractivity (Wildman–Crippen MR) is 65.4 cm³/mol. The molecule has 0 bridgehead atoms. The highest BCUT2D eigenvalue weighted by Gasteiger charge is 2.19. The van der Waals surface area contributed by atoms with E-state index >= 15 is 0 Å². The molecule has 1 aromatic rings. The first kappa shape index (κ1) is 13.9. The predicted octanol–water partition coefficient (Wildman–Crippen LogP) is -0.254. The van der Waals surface area contributed by atoms with Crippen molar-refractivity contribution in [3.8, 4) is 0 Å². The zero-order chi connectivity index (χ0) is 13.1. The minimum atomic E-state index is -1.24. The lowest BCUT2D eigenvalue weighted by molar-refractivity contribution is 0.0131. The number of nitrogens with one attached hydrogen (secondary N) is 1. The van der Waals surface area contributed by atoms with E-state index in [-0.39, 0.29) is 24.4 Å². The number of nitrogens with zero attached hydrogens (tertiary/aromatic N) is 4. The maximum atomic E-state index is 9.61. The van der Waals surface area contributed by atoms with E-state index in [0.29, 0.717) is 5.95 Å². The summed E-state index contributed by atoms with van der Waals surface area (Å²) in [5.41, 5.74) is -1.24. The molecule has 96 valence electrons. The van der Waals surface area contributed by atoms with Gasteiger partial charge in [0.25, 0.3) is 0 Å². The van der Waals surface area contributed by atoms with Crippen LogP contribution in [0.15, 0.2) is 0 Å². The molecule has 3 N–H and O–H groups in total. The van der Waals surface area contributed by atoms with Crippen LogP contribution >= 0.6 is 11.6 Å². The second-order valence-corrected chi connectivity index (χ2v) is 4.47. The Kier molecular flexibility index (Phi) is 4.44. The smallest absolute Gasteiger partial charge is 0.230 e. The van der Waals surface area contributed by atoms with Crippen molar-refractivity contribution in [1.82, 2.24) is 15.0 Å². The first-order valence-corrected chi connectivity index (χ1v) is 5.38. The van der Waals surface area contributed by atoms with Crippen molar-refractivity contribution < 1.29 is 10.2 Å². The Hall–Kier alpha value is -1.18. The van der Waals surface area contributed by atoms with Crippen molar-refractivity contribution >= 4 is 23.5 Å². The van der Waals surface area contributed by atoms with Gasteiger partial charge in [-0.3, -0.25) is 0 Å². The number of aromatic nitrogens is 3. The molecule has 0 amide bonds. The van der Waals surface area contributed by atoms with Crippen molar-refractivity contribution in [2.75, 3.05) is 37.5 Å². The van der Waals surface area contributed by atoms with Gasteiger partial charge in [-0.2, -0.15) is 15.0 Å². The number of anilines is 2. The average molecular weight is 262 g/mol. The molecule has 0 fully saturated rings. The zero-order valence-electron chi connectivity index (χ0n) is 9.98. The molecule has 0 aliphatic rings. The monoisotopic (exact) mass is 261 g/mol. The number of hydrogen-bond acceptors (Lipinski definition) is 7. The lowest BCUT2D eigenvalue weighted by atomic mass is 10.1. The number of hydrogen-bond donors (Lipinski definition) is 3. The van der Waals surface area contributed by atoms with Crippen molar-refractivity contribution in [3.63, 3.8) is 0 Å². The maximum Gasteiger partial charge on any atom is 0.230 e. The van der Waals surface area contributed by atoms with Crippen LogP contribution in [0.3, 0.4) is 0 Å². The van der Waals surface area contributed by atoms with E-state index in [1.165, 1.54) is 6.92 Å². The molecule has 0 aliphatic heterocycles. The summed E-state index contributed by atoms with van der Waals surface area (Å²) in [5.74, 6) is 0.665. The normalized spacial score (nSPS) is 14.2. The highest BCUT2D eigenvalue weighted by atomic mass is 35.5. The van der Waals surface area contributed by atoms with Crippen LogP contribution in [0.1, 0.15) is 6.92 Å². The molecule has 1 atom stereocenters. The fraction of sp³-hybridized carbons (Fsp3) is 0.667. The van der Waals surface area contributed by atoms with Crippen LogP contribution in [-0.4, -0.2) is 58.0 Å². The fourth-order valence-electron chi connectivity index (χ4n) is 0.944. The van der Waals surface area contributed by atoms with Gasteiger partial charge in [-0.05, 0) is 18.5 Å². The molecule has 8 heteroatoms. The molecular weight excluding hydrogens is 246 g/mol. The molecule has 0 radical (unpaired) electrons. The van der Waals surface area contributed by atoms with E-state index in [1.54, 1.807) is 19.0 Å². The average Bonchev–Trinajstić information content (AvgIpc) is 2.26. The number of halogens is 1. The van der Waals surface area contributed by atoms with Crippen molar-refractivity contribution in [2.45, 2.75) is 12.5 Å². The standard InChI is InChI=1S/C9H16ClN5O2/c1-9(17,5-16)4-11-7-12-6(10)13-8(14-7)15(2)3/h16-17H,4-5H2,1-3H3,(H,11,12,13,14). The maximum absolute atomic E-state index is 9.61. The van der Waals surface area contributed by atoms with Crippen LogP contribution in [0.4, 0.5) is 11.9 Å². The first-order valence-electron chi connectivity index (χ1n) is 5.00. The quantitative estimate of drug-likeness (QED) is 0.673. The molecule has 1 heterocycles. The minimum absolute atomic E-state index is 0.0647. The lowest BCUT2D eigenvalue weighted by Gasteiger charge is -2.20. The second kappa shape index (κ2) is 5.44. The van der Waals surface area contributed by atoms with Gasteiger partial charge in [0.1, 0.15) is 5.60 Å². The van der Waals surface area contributed by atoms with Crippen LogP contribution in [0, 0.1) is 0 Å². The Labute approximate surface area is 104 Å². The van der Waals surface area contributed by atoms with Crippen molar-refractivity contribution in [2.24, 2.45) is 0 Å². The van der Waals surface area contributed by atoms with Crippen LogP contribution in [-0.2, 0) is 0 Å². The third-order valence-corrected chi connectivity index (χ3v) is 2.13. The van der Waals surface area contributed by atoms with Crippen LogP contribution < -0.4 is 10.2 Å². The molecule has 0 aromatic carbocycles. The molecule has 1 unspecified atom stereocenters. The summed E-state index contributed by atoms with van der Waals surface area (Å²) in [7, 11) is 3.55. The summed E-state index contributed by atoms with van der Waals surface area (Å²) in [5, 5.41) is 21.4. The Morgan fingerprint density at radius 3 is 2.53 bits per heavy atom. The number of rotatable bonds is 5. The van der Waals surface area contributed by atoms with Crippen LogP contribution in [0.5, 0.6) is 0 Å². The highest BCUT2D eigenvalue weighted by Crippen LogP contribution is 2.12. The van der Waals surface area contributed by atoms with Crippen LogP contribution in [0.25, 0.3) is 0 Å². The Morgan fingerprint density at radius 2 is 2.00 bits per heavy atom. The Morgan fingerprint density at radius 1 is 1.35 bits per heavy atom. The SMILES string of the molecule is CN(C)c1nc(Cl)nc(NCC(C)(O)CO)n1. The Bertz CT molecular complexity index is 386. The number of aliphatic hydroxyl groups is 2. The molecule has 1 aromatic heterocycles. The van der Waals surface area contributed by atoms with Gasteiger partial charge in [0.05, 0.1) is 6.61 Å². The van der Waals surface area contributed by atoms with Gasteiger partial charge >= 0.3 is 0 Å². The van der Waals surface area contributed by atoms with Gasteiger partial charge in [0.15, 0.2) is 0 Å². The molecule has 0 saturated carbocycles. The summed E-state index contributed by atoms with van der Waals surface area (Å²) in [4.78, 5) is 13.6. The van der Waals surface area contributed by atoms with E-state index in [2.05, 4.69) is 20.3 Å². The van der Waals surface area contributed by atoms with Gasteiger partial charge < -0.3 is 20.4 Å². The van der Waals surface area contributed by atoms with Crippen molar-refractivity contribution in [1.29, 1.82) is 0 Å². The molecule has 0 saturated heterocycles. The molecule has 7 nitrogen and oxygen atoms in total. The summed E-state index contributed by atoms with van der Waals surface area (Å²) in [6.45, 7) is 1.24. The van der Waals surface area contributed by atoms with Crippen molar-refractivity contribution in [3.05, 3.63) is 5.28 Å². The van der Waals surface area contributed by atoms with E-state index in [9.17, 15) is 5.11 Å². The molecule has 1 rings (SSSR count). The van der Waals surface area contributed by atoms with Gasteiger partial charge in [0.2, 0.25) is 17.2 Å². The largest absolute Gasteiger partial charge is 0.393 e. The summed E-state index contributed by atoms with van der Waals surface area (Å²) in [6, 6.07) is 0. The van der Waals surface area contributed by atoms with E-state index in [1.807, 2.05) is 0 Å². The molecule has 0 spiro atoms. The fourth-order valence-corrected chi connectivity index (χ4v) is 1.10. The summed E-state index contributed by atoms with van der Waals surface area (Å²) >= 11 is 5.74. The van der Waals surface area contributed by atoms with E-state index < -0.39 is 5.60 Å². The second-order valence-electron chi connectivity index (χ2n) is 4.13. The van der Waals surface area contributed by atoms with Gasteiger partial charge in [-0.15, -0.1) is 0 Å².